The van der Waals surface area contributed by atoms with Gasteiger partial charge >= 0.3 is 0 Å². The molecule has 0 atom stereocenters. The summed E-state index contributed by atoms with van der Waals surface area (Å²) in [5.74, 6) is 0. The zero-order chi connectivity index (χ0) is 42.3. The molecule has 6 heteroatoms. The van der Waals surface area contributed by atoms with Crippen molar-refractivity contribution >= 4 is 110 Å². The van der Waals surface area contributed by atoms with E-state index in [9.17, 15) is 0 Å². The Hall–Kier alpha value is -8.87. The first-order valence-corrected chi connectivity index (χ1v) is 21.9. The molecule has 6 aromatic heterocycles. The average molecular weight is 832 g/mol. The van der Waals surface area contributed by atoms with Crippen LogP contribution in [0.15, 0.2) is 214 Å². The second-order valence-corrected chi connectivity index (χ2v) is 17.1. The van der Waals surface area contributed by atoms with Gasteiger partial charge in [0, 0.05) is 66.0 Å². The molecule has 0 spiro atoms. The second-order valence-electron chi connectivity index (χ2n) is 17.1. The van der Waals surface area contributed by atoms with Crippen LogP contribution < -0.4 is 0 Å². The van der Waals surface area contributed by atoms with Crippen molar-refractivity contribution in [3.63, 3.8) is 0 Å². The largest absolute Gasteiger partial charge is 0.456 e. The lowest BCUT2D eigenvalue weighted by Gasteiger charge is -2.12. The monoisotopic (exact) mass is 831 g/mol. The quantitative estimate of drug-likeness (QED) is 0.177. The van der Waals surface area contributed by atoms with Gasteiger partial charge in [0.25, 0.3) is 0 Å². The van der Waals surface area contributed by atoms with Crippen LogP contribution in [0.3, 0.4) is 0 Å². The summed E-state index contributed by atoms with van der Waals surface area (Å²) in [4.78, 5) is 4.78. The highest BCUT2D eigenvalue weighted by molar-refractivity contribution is 6.14. The maximum Gasteiger partial charge on any atom is 0.153 e. The molecule has 6 nitrogen and oxygen atoms in total. The van der Waals surface area contributed by atoms with Gasteiger partial charge in [0.05, 0.1) is 22.1 Å². The van der Waals surface area contributed by atoms with Gasteiger partial charge in [0.2, 0.25) is 0 Å². The van der Waals surface area contributed by atoms with Crippen molar-refractivity contribution < 1.29 is 13.3 Å². The van der Waals surface area contributed by atoms with Gasteiger partial charge in [-0.2, -0.15) is 0 Å². The number of aromatic nitrogens is 3. The van der Waals surface area contributed by atoms with E-state index in [4.69, 9.17) is 18.2 Å². The maximum absolute atomic E-state index is 6.54. The molecule has 6 heterocycles. The Balaban J connectivity index is 0.936. The first kappa shape index (κ1) is 34.7. The molecule has 65 heavy (non-hydrogen) atoms. The van der Waals surface area contributed by atoms with Crippen LogP contribution in [0.5, 0.6) is 0 Å². The number of nitrogens with zero attached hydrogens (tertiary/aromatic N) is 3. The van der Waals surface area contributed by atoms with Crippen LogP contribution in [0.25, 0.3) is 143 Å². The summed E-state index contributed by atoms with van der Waals surface area (Å²) in [7, 11) is 0. The third-order valence-electron chi connectivity index (χ3n) is 13.6. The molecule has 0 radical (unpaired) electrons. The SMILES string of the molecule is c1cnc2c(c1)oc1cc(-c3ccc4oc5ccc(-n6c7ccccc7c7ccccc76)cc5c4c3)c(-c3ccc4oc5ccc(-n6c7ccccc7c7ccccc76)cc5c4c3)cc12. The Morgan fingerprint density at radius 1 is 0.292 bits per heavy atom. The fraction of sp³-hybridized carbons (Fsp3) is 0. The Kier molecular flexibility index (Phi) is 6.86. The van der Waals surface area contributed by atoms with E-state index in [2.05, 4.69) is 191 Å². The highest BCUT2D eigenvalue weighted by Gasteiger charge is 2.20. The minimum Gasteiger partial charge on any atom is -0.456 e. The number of benzene rings is 9. The number of hydrogen-bond acceptors (Lipinski definition) is 4. The molecule has 0 unspecified atom stereocenters. The molecule has 0 saturated heterocycles. The summed E-state index contributed by atoms with van der Waals surface area (Å²) >= 11 is 0. The van der Waals surface area contributed by atoms with E-state index in [1.54, 1.807) is 0 Å². The zero-order valence-electron chi connectivity index (χ0n) is 34.6. The minimum atomic E-state index is 0.758. The van der Waals surface area contributed by atoms with Crippen molar-refractivity contribution in [2.24, 2.45) is 0 Å². The number of furan rings is 3. The van der Waals surface area contributed by atoms with E-state index >= 15 is 0 Å². The molecule has 0 amide bonds. The smallest absolute Gasteiger partial charge is 0.153 e. The number of fused-ring (bicyclic) bond motifs is 15. The predicted molar refractivity (Wildman–Crippen MR) is 266 cm³/mol. The Bertz CT molecular complexity index is 4390. The van der Waals surface area contributed by atoms with Gasteiger partial charge < -0.3 is 22.4 Å². The van der Waals surface area contributed by atoms with E-state index in [0.717, 1.165) is 99.6 Å². The lowest BCUT2D eigenvalue weighted by Crippen LogP contribution is -1.93. The average Bonchev–Trinajstić information content (AvgIpc) is 4.17. The topological polar surface area (TPSA) is 62.2 Å². The maximum atomic E-state index is 6.54. The summed E-state index contributed by atoms with van der Waals surface area (Å²) in [5, 5.41) is 10.1. The first-order chi connectivity index (χ1) is 32.2. The number of pyridine rings is 1. The van der Waals surface area contributed by atoms with Gasteiger partial charge in [-0.1, -0.05) is 84.9 Å². The van der Waals surface area contributed by atoms with E-state index in [-0.39, 0.29) is 0 Å². The Morgan fingerprint density at radius 3 is 1.20 bits per heavy atom. The standard InChI is InChI=1S/C59H33N3O3/c1-5-14-49-38(10-1)39-11-2-6-15-50(39)61(49)36-21-25-55-46(30-36)44-28-34(19-23-53(44)63-55)42-32-48-58(65-57-18-9-27-60-59(48)57)33-43(42)35-20-24-54-45(29-35)47-31-37(22-26-56(47)64-54)62-51-16-7-3-12-40(51)41-13-4-8-17-52(41)62/h1-33H. The first-order valence-electron chi connectivity index (χ1n) is 21.9. The van der Waals surface area contributed by atoms with Crippen LogP contribution in [0.4, 0.5) is 0 Å². The van der Waals surface area contributed by atoms with Crippen LogP contribution in [-0.4, -0.2) is 14.1 Å². The predicted octanol–water partition coefficient (Wildman–Crippen LogP) is 16.3. The summed E-state index contributed by atoms with van der Waals surface area (Å²) in [6, 6.07) is 69.0. The number of para-hydroxylation sites is 4. The van der Waals surface area contributed by atoms with Crippen LogP contribution in [0.2, 0.25) is 0 Å². The molecule has 9 aromatic carbocycles. The van der Waals surface area contributed by atoms with E-state index in [1.165, 1.54) is 43.6 Å². The number of rotatable bonds is 4. The molecule has 0 N–H and O–H groups in total. The highest BCUT2D eigenvalue weighted by atomic mass is 16.3. The summed E-state index contributed by atoms with van der Waals surface area (Å²) < 4.78 is 24.3. The summed E-state index contributed by atoms with van der Waals surface area (Å²) in [5.41, 5.74) is 16.8. The summed E-state index contributed by atoms with van der Waals surface area (Å²) in [6.45, 7) is 0. The van der Waals surface area contributed by atoms with Gasteiger partial charge in [0.1, 0.15) is 33.4 Å². The van der Waals surface area contributed by atoms with Crippen molar-refractivity contribution in [3.8, 4) is 33.6 Å². The van der Waals surface area contributed by atoms with Gasteiger partial charge in [-0.05, 0) is 131 Å². The molecular weight excluding hydrogens is 799 g/mol. The van der Waals surface area contributed by atoms with Crippen molar-refractivity contribution in [2.75, 3.05) is 0 Å². The molecule has 15 aromatic rings. The highest BCUT2D eigenvalue weighted by Crippen LogP contribution is 2.44. The van der Waals surface area contributed by atoms with Crippen LogP contribution in [-0.2, 0) is 0 Å². The van der Waals surface area contributed by atoms with E-state index < -0.39 is 0 Å². The molecular formula is C59H33N3O3. The van der Waals surface area contributed by atoms with E-state index in [0.29, 0.717) is 0 Å². The fourth-order valence-corrected chi connectivity index (χ4v) is 10.7. The third-order valence-corrected chi connectivity index (χ3v) is 13.6. The zero-order valence-corrected chi connectivity index (χ0v) is 34.6. The third kappa shape index (κ3) is 4.90. The second kappa shape index (κ2) is 12.8. The molecule has 0 aliphatic heterocycles. The van der Waals surface area contributed by atoms with Gasteiger partial charge in [0.15, 0.2) is 5.58 Å². The van der Waals surface area contributed by atoms with Gasteiger partial charge in [-0.15, -0.1) is 0 Å². The van der Waals surface area contributed by atoms with Crippen molar-refractivity contribution in [1.29, 1.82) is 0 Å². The number of hydrogen-bond donors (Lipinski definition) is 0. The van der Waals surface area contributed by atoms with Crippen LogP contribution >= 0.6 is 0 Å². The fourth-order valence-electron chi connectivity index (χ4n) is 10.7. The van der Waals surface area contributed by atoms with Crippen molar-refractivity contribution in [3.05, 3.63) is 200 Å². The molecule has 0 fully saturated rings. The van der Waals surface area contributed by atoms with Crippen molar-refractivity contribution in [1.82, 2.24) is 14.1 Å². The van der Waals surface area contributed by atoms with Crippen molar-refractivity contribution in [2.45, 2.75) is 0 Å². The van der Waals surface area contributed by atoms with E-state index in [1.807, 2.05) is 18.3 Å². The summed E-state index contributed by atoms with van der Waals surface area (Å²) in [6.07, 6.45) is 1.83. The Labute approximate surface area is 369 Å². The molecule has 0 aliphatic carbocycles. The Morgan fingerprint density at radius 2 is 0.708 bits per heavy atom. The molecule has 302 valence electrons. The molecule has 0 aliphatic rings. The molecule has 15 rings (SSSR count). The minimum absolute atomic E-state index is 0.758. The lowest BCUT2D eigenvalue weighted by molar-refractivity contribution is 0.668. The normalized spacial score (nSPS) is 12.3. The van der Waals surface area contributed by atoms with Gasteiger partial charge in [-0.3, -0.25) is 4.98 Å². The molecule has 0 saturated carbocycles. The molecule has 0 bridgehead atoms. The lowest BCUT2D eigenvalue weighted by atomic mass is 9.91. The van der Waals surface area contributed by atoms with Gasteiger partial charge in [-0.25, -0.2) is 0 Å². The van der Waals surface area contributed by atoms with Crippen LogP contribution in [0.1, 0.15) is 0 Å². The van der Waals surface area contributed by atoms with Crippen LogP contribution in [0, 0.1) is 0 Å².